The molecule has 4 aliphatic carbocycles. The Morgan fingerprint density at radius 3 is 2.43 bits per heavy atom. The summed E-state index contributed by atoms with van der Waals surface area (Å²) in [4.78, 5) is 25.6. The molecule has 3 saturated carbocycles. The molecule has 0 radical (unpaired) electrons. The summed E-state index contributed by atoms with van der Waals surface area (Å²) in [5.74, 6) is -1.20. The molecule has 35 heavy (non-hydrogen) atoms. The van der Waals surface area contributed by atoms with Crippen LogP contribution < -0.4 is 0 Å². The summed E-state index contributed by atoms with van der Waals surface area (Å²) in [6.07, 6.45) is 5.11. The Bertz CT molecular complexity index is 1080. The van der Waals surface area contributed by atoms with Crippen molar-refractivity contribution >= 4 is 11.8 Å². The van der Waals surface area contributed by atoms with Crippen molar-refractivity contribution in [3.63, 3.8) is 0 Å². The zero-order valence-electron chi connectivity index (χ0n) is 21.3. The lowest BCUT2D eigenvalue weighted by Gasteiger charge is -2.64. The second-order valence-corrected chi connectivity index (χ2v) is 12.3. The monoisotopic (exact) mass is 486 g/mol. The normalized spacial score (nSPS) is 49.0. The quantitative estimate of drug-likeness (QED) is 0.442. The Morgan fingerprint density at radius 2 is 1.77 bits per heavy atom. The summed E-state index contributed by atoms with van der Waals surface area (Å²) >= 11 is 0. The summed E-state index contributed by atoms with van der Waals surface area (Å²) in [6, 6.07) is 0. The molecule has 0 bridgehead atoms. The first kappa shape index (κ1) is 24.9. The van der Waals surface area contributed by atoms with Crippen LogP contribution in [0.1, 0.15) is 73.1 Å². The molecule has 3 fully saturated rings. The van der Waals surface area contributed by atoms with E-state index in [1.807, 2.05) is 26.8 Å². The molecule has 0 aromatic heterocycles. The standard InChI is InChI=1S/C28H38O7/c1-15-13-22(35-23(31)16(15)2)26(5,32)28(34)12-11-27(33)19-14-20(29)18-7-6-8-21(30)25(18,4)17(19)9-10-24(27,28)3/h6-8,17,19-20,22,29,32-34H,9-14H2,1-5H3. The Balaban J connectivity index is 1.55. The second-order valence-electron chi connectivity index (χ2n) is 12.3. The number of aliphatic hydroxyl groups is 4. The second kappa shape index (κ2) is 7.37. The molecule has 192 valence electrons. The summed E-state index contributed by atoms with van der Waals surface area (Å²) < 4.78 is 5.61. The molecular weight excluding hydrogens is 448 g/mol. The first-order valence-electron chi connectivity index (χ1n) is 12.8. The number of hydrogen-bond acceptors (Lipinski definition) is 7. The zero-order chi connectivity index (χ0) is 25.8. The van der Waals surface area contributed by atoms with Gasteiger partial charge < -0.3 is 25.2 Å². The maximum Gasteiger partial charge on any atom is 0.334 e. The third-order valence-corrected chi connectivity index (χ3v) is 11.2. The van der Waals surface area contributed by atoms with Gasteiger partial charge in [-0.05, 0) is 83.3 Å². The van der Waals surface area contributed by atoms with Gasteiger partial charge in [0.2, 0.25) is 0 Å². The van der Waals surface area contributed by atoms with Crippen molar-refractivity contribution in [2.75, 3.05) is 0 Å². The minimum atomic E-state index is -1.82. The van der Waals surface area contributed by atoms with Gasteiger partial charge in [0.05, 0.1) is 17.1 Å². The van der Waals surface area contributed by atoms with Crippen LogP contribution in [0.4, 0.5) is 0 Å². The van der Waals surface area contributed by atoms with Crippen molar-refractivity contribution in [1.29, 1.82) is 0 Å². The van der Waals surface area contributed by atoms with Crippen molar-refractivity contribution < 1.29 is 34.8 Å². The van der Waals surface area contributed by atoms with Crippen LogP contribution in [-0.2, 0) is 14.3 Å². The van der Waals surface area contributed by atoms with Gasteiger partial charge in [-0.3, -0.25) is 4.79 Å². The lowest BCUT2D eigenvalue weighted by atomic mass is 9.43. The topological polar surface area (TPSA) is 124 Å². The number of cyclic esters (lactones) is 1. The highest BCUT2D eigenvalue weighted by atomic mass is 16.6. The van der Waals surface area contributed by atoms with E-state index in [9.17, 15) is 30.0 Å². The van der Waals surface area contributed by atoms with Crippen molar-refractivity contribution in [2.45, 2.75) is 102 Å². The Hall–Kier alpha value is -1.80. The molecule has 0 aromatic rings. The Labute approximate surface area is 206 Å². The molecule has 7 heteroatoms. The third kappa shape index (κ3) is 2.81. The number of fused-ring (bicyclic) bond motifs is 5. The number of esters is 1. The fourth-order valence-electron chi connectivity index (χ4n) is 8.53. The molecule has 1 aliphatic heterocycles. The molecule has 5 aliphatic rings. The average molecular weight is 487 g/mol. The number of rotatable bonds is 2. The molecule has 0 aromatic carbocycles. The van der Waals surface area contributed by atoms with Crippen LogP contribution in [-0.4, -0.2) is 61.2 Å². The number of hydrogen-bond donors (Lipinski definition) is 4. The molecule has 0 spiro atoms. The zero-order valence-corrected chi connectivity index (χ0v) is 21.3. The van der Waals surface area contributed by atoms with Crippen LogP contribution in [0.15, 0.2) is 34.9 Å². The highest BCUT2D eigenvalue weighted by molar-refractivity contribution is 5.99. The van der Waals surface area contributed by atoms with Crippen LogP contribution in [0.5, 0.6) is 0 Å². The lowest BCUT2D eigenvalue weighted by molar-refractivity contribution is -0.282. The minimum Gasteiger partial charge on any atom is -0.455 e. The number of ether oxygens (including phenoxy) is 1. The number of allylic oxidation sites excluding steroid dienone is 3. The Kier molecular flexibility index (Phi) is 5.24. The molecule has 5 rings (SSSR count). The first-order chi connectivity index (χ1) is 16.1. The summed E-state index contributed by atoms with van der Waals surface area (Å²) in [7, 11) is 0. The van der Waals surface area contributed by atoms with Crippen molar-refractivity contribution in [2.24, 2.45) is 22.7 Å². The van der Waals surface area contributed by atoms with Crippen molar-refractivity contribution in [3.8, 4) is 0 Å². The van der Waals surface area contributed by atoms with Gasteiger partial charge in [0.15, 0.2) is 5.78 Å². The number of carbonyl (C=O) groups excluding carboxylic acids is 2. The van der Waals surface area contributed by atoms with Crippen LogP contribution in [0.25, 0.3) is 0 Å². The highest BCUT2D eigenvalue weighted by Crippen LogP contribution is 2.70. The molecule has 0 saturated heterocycles. The van der Waals surface area contributed by atoms with E-state index in [0.29, 0.717) is 30.4 Å². The predicted molar refractivity (Wildman–Crippen MR) is 128 cm³/mol. The van der Waals surface area contributed by atoms with E-state index in [1.165, 1.54) is 6.92 Å². The molecule has 7 nitrogen and oxygen atoms in total. The predicted octanol–water partition coefficient (Wildman–Crippen LogP) is 2.51. The number of carbonyl (C=O) groups is 2. The van der Waals surface area contributed by atoms with E-state index in [-0.39, 0.29) is 31.0 Å². The van der Waals surface area contributed by atoms with Gasteiger partial charge in [-0.2, -0.15) is 0 Å². The van der Waals surface area contributed by atoms with Crippen LogP contribution in [0, 0.1) is 22.7 Å². The summed E-state index contributed by atoms with van der Waals surface area (Å²) in [5, 5.41) is 47.6. The largest absolute Gasteiger partial charge is 0.455 e. The van der Waals surface area contributed by atoms with Gasteiger partial charge in [-0.1, -0.05) is 24.6 Å². The smallest absolute Gasteiger partial charge is 0.334 e. The molecule has 0 amide bonds. The highest BCUT2D eigenvalue weighted by Gasteiger charge is 2.77. The van der Waals surface area contributed by atoms with Gasteiger partial charge >= 0.3 is 5.97 Å². The van der Waals surface area contributed by atoms with Crippen molar-refractivity contribution in [3.05, 3.63) is 34.9 Å². The fourth-order valence-corrected chi connectivity index (χ4v) is 8.53. The fraction of sp³-hybridized carbons (Fsp3) is 0.714. The molecule has 9 atom stereocenters. The van der Waals surface area contributed by atoms with Gasteiger partial charge in [-0.15, -0.1) is 0 Å². The van der Waals surface area contributed by atoms with E-state index in [0.717, 1.165) is 5.57 Å². The van der Waals surface area contributed by atoms with E-state index in [4.69, 9.17) is 4.74 Å². The van der Waals surface area contributed by atoms with Gasteiger partial charge in [0.25, 0.3) is 0 Å². The van der Waals surface area contributed by atoms with E-state index in [2.05, 4.69) is 0 Å². The maximum atomic E-state index is 13.1. The van der Waals surface area contributed by atoms with E-state index >= 15 is 0 Å². The van der Waals surface area contributed by atoms with E-state index in [1.54, 1.807) is 19.1 Å². The van der Waals surface area contributed by atoms with Crippen LogP contribution >= 0.6 is 0 Å². The third-order valence-electron chi connectivity index (χ3n) is 11.2. The van der Waals surface area contributed by atoms with E-state index < -0.39 is 51.7 Å². The molecule has 4 N–H and O–H groups in total. The lowest BCUT2D eigenvalue weighted by Crippen LogP contribution is -2.72. The SMILES string of the molecule is CC1=C(C)C(=O)OC(C(C)(O)C2(O)CCC3(O)C4CC(O)C5=CC=CC(=O)C5(C)C4CCC32C)C1. The number of aliphatic hydroxyl groups excluding tert-OH is 1. The summed E-state index contributed by atoms with van der Waals surface area (Å²) in [5.41, 5.74) is -4.99. The first-order valence-corrected chi connectivity index (χ1v) is 12.8. The van der Waals surface area contributed by atoms with Crippen LogP contribution in [0.3, 0.4) is 0 Å². The minimum absolute atomic E-state index is 0.0667. The maximum absolute atomic E-state index is 13.1. The Morgan fingerprint density at radius 1 is 1.09 bits per heavy atom. The number of ketones is 1. The average Bonchev–Trinajstić information content (AvgIpc) is 3.01. The molecule has 1 heterocycles. The van der Waals surface area contributed by atoms with Gasteiger partial charge in [0.1, 0.15) is 17.3 Å². The molecule has 9 unspecified atom stereocenters. The summed E-state index contributed by atoms with van der Waals surface area (Å²) in [6.45, 7) is 8.70. The van der Waals surface area contributed by atoms with Crippen molar-refractivity contribution in [1.82, 2.24) is 0 Å². The van der Waals surface area contributed by atoms with Crippen LogP contribution in [0.2, 0.25) is 0 Å². The van der Waals surface area contributed by atoms with Gasteiger partial charge in [0, 0.05) is 17.4 Å². The molecular formula is C28H38O7. The van der Waals surface area contributed by atoms with Gasteiger partial charge in [-0.25, -0.2) is 4.79 Å².